The zero-order valence-corrected chi connectivity index (χ0v) is 10.2. The van der Waals surface area contributed by atoms with E-state index in [2.05, 4.69) is 0 Å². The molecule has 0 unspecified atom stereocenters. The molecule has 0 heterocycles. The van der Waals surface area contributed by atoms with Crippen LogP contribution in [-0.4, -0.2) is 25.5 Å². The third-order valence-corrected chi connectivity index (χ3v) is 3.67. The normalized spacial score (nSPS) is 13.2. The summed E-state index contributed by atoms with van der Waals surface area (Å²) in [6.07, 6.45) is 3.81. The van der Waals surface area contributed by atoms with Crippen molar-refractivity contribution in [3.63, 3.8) is 0 Å². The zero-order valence-electron chi connectivity index (χ0n) is 8.54. The second-order valence-corrected chi connectivity index (χ2v) is 6.52. The molecule has 0 atom stereocenters. The summed E-state index contributed by atoms with van der Waals surface area (Å²) in [4.78, 5) is 0.637. The molecule has 3 nitrogen and oxygen atoms in total. The minimum atomic E-state index is -4.07. The topological polar surface area (TPSA) is 54.4 Å². The monoisotopic (exact) mass is 245 g/mol. The van der Waals surface area contributed by atoms with Gasteiger partial charge in [0.2, 0.25) is 0 Å². The van der Waals surface area contributed by atoms with Crippen molar-refractivity contribution < 1.29 is 13.0 Å². The van der Waals surface area contributed by atoms with Gasteiger partial charge in [-0.15, -0.1) is 0 Å². The molecule has 0 spiro atoms. The lowest BCUT2D eigenvalue weighted by molar-refractivity contribution is 0.494. The minimum absolute atomic E-state index is 0.229. The van der Waals surface area contributed by atoms with Crippen LogP contribution in [0.4, 0.5) is 0 Å². The zero-order chi connectivity index (χ0) is 11.5. The van der Waals surface area contributed by atoms with Gasteiger partial charge in [0.15, 0.2) is 4.91 Å². The maximum absolute atomic E-state index is 10.8. The Kier molecular flexibility index (Phi) is 3.96. The molecule has 0 aliphatic carbocycles. The van der Waals surface area contributed by atoms with E-state index in [1.54, 1.807) is 0 Å². The summed E-state index contributed by atoms with van der Waals surface area (Å²) < 4.78 is 30.4. The molecule has 0 bridgehead atoms. The maximum atomic E-state index is 10.8. The molecule has 1 rings (SSSR count). The van der Waals surface area contributed by atoms with Gasteiger partial charge in [0, 0.05) is 16.5 Å². The van der Waals surface area contributed by atoms with E-state index in [1.807, 2.05) is 42.8 Å². The molecule has 1 aromatic carbocycles. The largest absolute Gasteiger partial charge is 0.292 e. The lowest BCUT2D eigenvalue weighted by Crippen LogP contribution is -2.02. The molecular weight excluding hydrogens is 232 g/mol. The van der Waals surface area contributed by atoms with E-state index < -0.39 is 10.1 Å². The van der Waals surface area contributed by atoms with Crippen molar-refractivity contribution in [3.05, 3.63) is 41.3 Å². The van der Waals surface area contributed by atoms with Gasteiger partial charge in [-0.3, -0.25) is 4.55 Å². The lowest BCUT2D eigenvalue weighted by Gasteiger charge is -2.02. The van der Waals surface area contributed by atoms with E-state index in [0.717, 1.165) is 11.0 Å². The van der Waals surface area contributed by atoms with Gasteiger partial charge in [-0.25, -0.2) is 0 Å². The van der Waals surface area contributed by atoms with Crippen LogP contribution in [0.5, 0.6) is 0 Å². The van der Waals surface area contributed by atoms with Crippen LogP contribution in [0.3, 0.4) is 0 Å². The van der Waals surface area contributed by atoms with Crippen molar-refractivity contribution in [2.45, 2.75) is 0 Å². The average molecular weight is 245 g/mol. The molecule has 82 valence electrons. The molecule has 5 heteroatoms. The fourth-order valence-corrected chi connectivity index (χ4v) is 3.29. The second-order valence-electron chi connectivity index (χ2n) is 3.18. The fourth-order valence-electron chi connectivity index (χ4n) is 1.14. The third kappa shape index (κ3) is 4.07. The number of hydrogen-bond acceptors (Lipinski definition) is 2. The van der Waals surface area contributed by atoms with Gasteiger partial charge >= 0.3 is 0 Å². The highest BCUT2D eigenvalue weighted by Crippen LogP contribution is 2.21. The van der Waals surface area contributed by atoms with Crippen molar-refractivity contribution in [3.8, 4) is 0 Å². The van der Waals surface area contributed by atoms with Crippen LogP contribution >= 0.6 is 0 Å². The van der Waals surface area contributed by atoms with Crippen LogP contribution in [0.1, 0.15) is 5.56 Å². The molecule has 0 aliphatic rings. The highest BCUT2D eigenvalue weighted by atomic mass is 32.2. The first-order valence-corrected chi connectivity index (χ1v) is 7.77. The van der Waals surface area contributed by atoms with Crippen LogP contribution in [0.15, 0.2) is 35.7 Å². The van der Waals surface area contributed by atoms with Gasteiger partial charge in [0.05, 0.1) is 0 Å². The first-order chi connectivity index (χ1) is 6.90. The highest BCUT2D eigenvalue weighted by Gasteiger charge is 2.18. The predicted molar refractivity (Wildman–Crippen MR) is 65.2 cm³/mol. The molecule has 0 aliphatic heterocycles. The Balaban J connectivity index is 3.22. The van der Waals surface area contributed by atoms with E-state index in [4.69, 9.17) is 4.55 Å². The SMILES string of the molecule is C[S+](C)C(=CS(=O)(=O)O)c1ccccc1. The predicted octanol–water partition coefficient (Wildman–Crippen LogP) is 1.75. The molecular formula is C10H13O3S2+. The lowest BCUT2D eigenvalue weighted by atomic mass is 10.2. The fraction of sp³-hybridized carbons (Fsp3) is 0.200. The second kappa shape index (κ2) is 4.83. The van der Waals surface area contributed by atoms with Gasteiger partial charge in [-0.2, -0.15) is 8.42 Å². The van der Waals surface area contributed by atoms with E-state index in [-0.39, 0.29) is 10.9 Å². The maximum Gasteiger partial charge on any atom is 0.292 e. The molecule has 1 N–H and O–H groups in total. The number of rotatable bonds is 3. The summed E-state index contributed by atoms with van der Waals surface area (Å²) >= 11 is 0. The Morgan fingerprint density at radius 2 is 1.80 bits per heavy atom. The standard InChI is InChI=1S/C10H12O3S2/c1-14(2)10(8-15(11,12)13)9-6-4-3-5-7-9/h3-8H,1-2H3/p+1. The Hall–Kier alpha value is -0.780. The van der Waals surface area contributed by atoms with E-state index >= 15 is 0 Å². The van der Waals surface area contributed by atoms with Crippen LogP contribution in [0.2, 0.25) is 0 Å². The molecule has 1 aromatic rings. The van der Waals surface area contributed by atoms with Crippen molar-refractivity contribution in [2.75, 3.05) is 12.5 Å². The van der Waals surface area contributed by atoms with Crippen molar-refractivity contribution in [2.24, 2.45) is 0 Å². The Labute approximate surface area is 92.9 Å². The van der Waals surface area contributed by atoms with Crippen LogP contribution in [0.25, 0.3) is 4.91 Å². The van der Waals surface area contributed by atoms with Gasteiger partial charge in [0.25, 0.3) is 10.1 Å². The summed E-state index contributed by atoms with van der Waals surface area (Å²) in [6, 6.07) is 9.17. The van der Waals surface area contributed by atoms with Gasteiger partial charge in [-0.05, 0) is 12.1 Å². The number of benzene rings is 1. The first kappa shape index (κ1) is 12.3. The molecule has 0 aromatic heterocycles. The van der Waals surface area contributed by atoms with Gasteiger partial charge < -0.3 is 0 Å². The summed E-state index contributed by atoms with van der Waals surface area (Å²) in [5.74, 6) is 0. The number of hydrogen-bond donors (Lipinski definition) is 1. The van der Waals surface area contributed by atoms with E-state index in [9.17, 15) is 8.42 Å². The summed E-state index contributed by atoms with van der Waals surface area (Å²) in [7, 11) is -4.30. The Morgan fingerprint density at radius 1 is 1.27 bits per heavy atom. The molecule has 15 heavy (non-hydrogen) atoms. The molecule has 0 saturated heterocycles. The van der Waals surface area contributed by atoms with Crippen LogP contribution in [0, 0.1) is 0 Å². The van der Waals surface area contributed by atoms with Crippen LogP contribution < -0.4 is 0 Å². The summed E-state index contributed by atoms with van der Waals surface area (Å²) in [6.45, 7) is 0. The van der Waals surface area contributed by atoms with Crippen molar-refractivity contribution in [1.29, 1.82) is 0 Å². The summed E-state index contributed by atoms with van der Waals surface area (Å²) in [5.41, 5.74) is 0.823. The smallest absolute Gasteiger partial charge is 0.282 e. The third-order valence-electron chi connectivity index (χ3n) is 1.75. The van der Waals surface area contributed by atoms with Gasteiger partial charge in [0.1, 0.15) is 17.9 Å². The highest BCUT2D eigenvalue weighted by molar-refractivity contribution is 8.05. The van der Waals surface area contributed by atoms with E-state index in [1.165, 1.54) is 0 Å². The first-order valence-electron chi connectivity index (χ1n) is 4.22. The molecule has 0 amide bonds. The summed E-state index contributed by atoms with van der Waals surface area (Å²) in [5, 5.41) is 0.922. The Morgan fingerprint density at radius 3 is 2.20 bits per heavy atom. The van der Waals surface area contributed by atoms with E-state index in [0.29, 0.717) is 4.91 Å². The quantitative estimate of drug-likeness (QED) is 0.652. The molecule has 0 fully saturated rings. The molecule has 0 radical (unpaired) electrons. The Bertz CT molecular complexity index is 447. The van der Waals surface area contributed by atoms with Crippen LogP contribution in [-0.2, 0) is 21.0 Å². The van der Waals surface area contributed by atoms with Crippen molar-refractivity contribution >= 4 is 25.9 Å². The van der Waals surface area contributed by atoms with Gasteiger partial charge in [-0.1, -0.05) is 18.2 Å². The average Bonchev–Trinajstić information content (AvgIpc) is 2.14. The minimum Gasteiger partial charge on any atom is -0.282 e. The van der Waals surface area contributed by atoms with Crippen molar-refractivity contribution in [1.82, 2.24) is 0 Å². The molecule has 0 saturated carbocycles.